The highest BCUT2D eigenvalue weighted by Crippen LogP contribution is 2.27. The second-order valence-corrected chi connectivity index (χ2v) is 6.28. The highest BCUT2D eigenvalue weighted by molar-refractivity contribution is 9.11. The third-order valence-corrected chi connectivity index (χ3v) is 3.82. The van der Waals surface area contributed by atoms with Crippen molar-refractivity contribution in [3.05, 3.63) is 61.5 Å². The van der Waals surface area contributed by atoms with Gasteiger partial charge in [-0.05, 0) is 36.8 Å². The summed E-state index contributed by atoms with van der Waals surface area (Å²) in [5.41, 5.74) is 2.13. The quantitative estimate of drug-likeness (QED) is 0.712. The molecule has 2 aromatic carbocycles. The molecule has 2 aromatic rings. The molecular formula is C14H10Br2ClNO. The van der Waals surface area contributed by atoms with Crippen LogP contribution in [0, 0.1) is 6.92 Å². The Bertz CT molecular complexity index is 603. The van der Waals surface area contributed by atoms with Gasteiger partial charge in [-0.2, -0.15) is 0 Å². The van der Waals surface area contributed by atoms with Crippen LogP contribution in [0.4, 0.5) is 5.69 Å². The number of hydrogen-bond donors (Lipinski definition) is 1. The highest BCUT2D eigenvalue weighted by Gasteiger charge is 2.11. The van der Waals surface area contributed by atoms with E-state index in [0.29, 0.717) is 16.3 Å². The maximum absolute atomic E-state index is 12.2. The fraction of sp³-hybridized carbons (Fsp3) is 0.0714. The van der Waals surface area contributed by atoms with Crippen molar-refractivity contribution in [1.29, 1.82) is 0 Å². The molecular weight excluding hydrogens is 393 g/mol. The number of carbonyl (C=O) groups excluding carboxylic acids is 1. The van der Waals surface area contributed by atoms with E-state index in [9.17, 15) is 4.79 Å². The molecule has 2 nitrogen and oxygen atoms in total. The molecule has 0 aliphatic carbocycles. The van der Waals surface area contributed by atoms with E-state index in [4.69, 9.17) is 11.6 Å². The minimum atomic E-state index is -0.196. The molecule has 0 unspecified atom stereocenters. The van der Waals surface area contributed by atoms with Gasteiger partial charge in [0.2, 0.25) is 0 Å². The smallest absolute Gasteiger partial charge is 0.255 e. The summed E-state index contributed by atoms with van der Waals surface area (Å²) in [5.74, 6) is -0.196. The summed E-state index contributed by atoms with van der Waals surface area (Å²) < 4.78 is 1.67. The van der Waals surface area contributed by atoms with Crippen molar-refractivity contribution in [2.75, 3.05) is 5.32 Å². The monoisotopic (exact) mass is 401 g/mol. The van der Waals surface area contributed by atoms with E-state index in [0.717, 1.165) is 14.5 Å². The lowest BCUT2D eigenvalue weighted by Gasteiger charge is -2.10. The third kappa shape index (κ3) is 3.59. The lowest BCUT2D eigenvalue weighted by Crippen LogP contribution is -2.13. The molecule has 1 amide bonds. The van der Waals surface area contributed by atoms with Gasteiger partial charge in [-0.1, -0.05) is 55.6 Å². The number of carbonyl (C=O) groups is 1. The molecule has 1 N–H and O–H groups in total. The molecule has 0 bridgehead atoms. The maximum atomic E-state index is 12.2. The lowest BCUT2D eigenvalue weighted by atomic mass is 10.1. The minimum absolute atomic E-state index is 0.196. The average molecular weight is 404 g/mol. The first kappa shape index (κ1) is 14.6. The lowest BCUT2D eigenvalue weighted by molar-refractivity contribution is 0.102. The number of aryl methyl sites for hydroxylation is 1. The van der Waals surface area contributed by atoms with Crippen LogP contribution in [0.1, 0.15) is 15.9 Å². The maximum Gasteiger partial charge on any atom is 0.255 e. The Hall–Kier alpha value is -0.840. The van der Waals surface area contributed by atoms with Crippen LogP contribution in [0.5, 0.6) is 0 Å². The molecule has 98 valence electrons. The van der Waals surface area contributed by atoms with E-state index in [1.54, 1.807) is 18.2 Å². The Kier molecular flexibility index (Phi) is 4.66. The number of rotatable bonds is 2. The van der Waals surface area contributed by atoms with Gasteiger partial charge in [0, 0.05) is 14.5 Å². The van der Waals surface area contributed by atoms with Gasteiger partial charge in [-0.25, -0.2) is 0 Å². The summed E-state index contributed by atoms with van der Waals surface area (Å²) in [4.78, 5) is 12.2. The number of amides is 1. The zero-order valence-electron chi connectivity index (χ0n) is 10.0. The molecule has 0 aliphatic heterocycles. The third-order valence-electron chi connectivity index (χ3n) is 2.59. The first-order valence-electron chi connectivity index (χ1n) is 5.50. The Morgan fingerprint density at radius 1 is 1.16 bits per heavy atom. The predicted molar refractivity (Wildman–Crippen MR) is 86.0 cm³/mol. The van der Waals surface area contributed by atoms with Gasteiger partial charge >= 0.3 is 0 Å². The van der Waals surface area contributed by atoms with Crippen molar-refractivity contribution in [3.63, 3.8) is 0 Å². The Morgan fingerprint density at radius 3 is 2.37 bits per heavy atom. The molecule has 0 saturated carbocycles. The fourth-order valence-electron chi connectivity index (χ4n) is 1.66. The number of para-hydroxylation sites is 1. The first-order valence-corrected chi connectivity index (χ1v) is 7.46. The van der Waals surface area contributed by atoms with Crippen LogP contribution in [-0.4, -0.2) is 5.91 Å². The van der Waals surface area contributed by atoms with Crippen molar-refractivity contribution < 1.29 is 4.79 Å². The minimum Gasteiger partial charge on any atom is -0.320 e. The van der Waals surface area contributed by atoms with Crippen LogP contribution in [0.25, 0.3) is 0 Å². The van der Waals surface area contributed by atoms with Crippen LogP contribution in [0.3, 0.4) is 0 Å². The van der Waals surface area contributed by atoms with E-state index in [2.05, 4.69) is 37.2 Å². The van der Waals surface area contributed by atoms with Crippen molar-refractivity contribution >= 4 is 55.1 Å². The van der Waals surface area contributed by atoms with Gasteiger partial charge in [0.05, 0.1) is 10.7 Å². The second-order valence-electron chi connectivity index (χ2n) is 4.04. The molecule has 0 aliphatic rings. The summed E-state index contributed by atoms with van der Waals surface area (Å²) in [5, 5.41) is 3.37. The van der Waals surface area contributed by atoms with E-state index >= 15 is 0 Å². The van der Waals surface area contributed by atoms with Crippen molar-refractivity contribution in [3.8, 4) is 0 Å². The van der Waals surface area contributed by atoms with Gasteiger partial charge in [-0.15, -0.1) is 0 Å². The van der Waals surface area contributed by atoms with Crippen LogP contribution < -0.4 is 5.32 Å². The summed E-state index contributed by atoms with van der Waals surface area (Å²) in [7, 11) is 0. The number of halogens is 3. The number of benzene rings is 2. The Balaban J connectivity index is 2.31. The van der Waals surface area contributed by atoms with E-state index < -0.39 is 0 Å². The van der Waals surface area contributed by atoms with E-state index in [-0.39, 0.29) is 5.91 Å². The van der Waals surface area contributed by atoms with E-state index in [1.165, 1.54) is 0 Å². The standard InChI is InChI=1S/C14H10Br2ClNO/c1-8-3-2-4-12(17)13(8)18-14(19)9-5-10(15)7-11(16)6-9/h2-7H,1H3,(H,18,19). The SMILES string of the molecule is Cc1cccc(Cl)c1NC(=O)c1cc(Br)cc(Br)c1. The second kappa shape index (κ2) is 6.07. The van der Waals surface area contributed by atoms with Crippen molar-refractivity contribution in [1.82, 2.24) is 0 Å². The molecule has 0 atom stereocenters. The molecule has 0 aromatic heterocycles. The molecule has 0 saturated heterocycles. The summed E-state index contributed by atoms with van der Waals surface area (Å²) in [6.45, 7) is 1.90. The highest BCUT2D eigenvalue weighted by atomic mass is 79.9. The zero-order valence-corrected chi connectivity index (χ0v) is 13.9. The summed E-state index contributed by atoms with van der Waals surface area (Å²) in [6.07, 6.45) is 0. The molecule has 0 heterocycles. The molecule has 19 heavy (non-hydrogen) atoms. The van der Waals surface area contributed by atoms with Crippen LogP contribution in [0.2, 0.25) is 5.02 Å². The fourth-order valence-corrected chi connectivity index (χ4v) is 3.22. The van der Waals surface area contributed by atoms with E-state index in [1.807, 2.05) is 25.1 Å². The van der Waals surface area contributed by atoms with Crippen molar-refractivity contribution in [2.45, 2.75) is 6.92 Å². The van der Waals surface area contributed by atoms with Gasteiger partial charge in [0.25, 0.3) is 5.91 Å². The molecule has 2 rings (SSSR count). The molecule has 5 heteroatoms. The molecule has 0 spiro atoms. The number of hydrogen-bond acceptors (Lipinski definition) is 1. The number of nitrogens with one attached hydrogen (secondary N) is 1. The largest absolute Gasteiger partial charge is 0.320 e. The predicted octanol–water partition coefficient (Wildman–Crippen LogP) is 5.43. The average Bonchev–Trinajstić information content (AvgIpc) is 2.32. The molecule has 0 fully saturated rings. The normalized spacial score (nSPS) is 10.3. The topological polar surface area (TPSA) is 29.1 Å². The Morgan fingerprint density at radius 2 is 1.79 bits per heavy atom. The zero-order chi connectivity index (χ0) is 14.0. The van der Waals surface area contributed by atoms with Crippen LogP contribution in [-0.2, 0) is 0 Å². The van der Waals surface area contributed by atoms with Gasteiger partial charge in [-0.3, -0.25) is 4.79 Å². The first-order chi connectivity index (χ1) is 8.97. The van der Waals surface area contributed by atoms with Gasteiger partial charge < -0.3 is 5.32 Å². The summed E-state index contributed by atoms with van der Waals surface area (Å²) in [6, 6.07) is 10.9. The molecule has 0 radical (unpaired) electrons. The van der Waals surface area contributed by atoms with Crippen LogP contribution in [0.15, 0.2) is 45.3 Å². The van der Waals surface area contributed by atoms with Gasteiger partial charge in [0.15, 0.2) is 0 Å². The van der Waals surface area contributed by atoms with Gasteiger partial charge in [0.1, 0.15) is 0 Å². The van der Waals surface area contributed by atoms with Crippen LogP contribution >= 0.6 is 43.5 Å². The van der Waals surface area contributed by atoms with Crippen molar-refractivity contribution in [2.24, 2.45) is 0 Å². The number of anilines is 1. The Labute approximate surface area is 133 Å². The summed E-state index contributed by atoms with van der Waals surface area (Å²) >= 11 is 12.8.